The maximum Gasteiger partial charge on any atom is 0.0276 e. The minimum atomic E-state index is 0.169. The predicted octanol–water partition coefficient (Wildman–Crippen LogP) is 1.14. The van der Waals surface area contributed by atoms with Crippen LogP contribution in [0.5, 0.6) is 0 Å². The van der Waals surface area contributed by atoms with Crippen molar-refractivity contribution in [3.8, 4) is 0 Å². The van der Waals surface area contributed by atoms with Gasteiger partial charge in [-0.3, -0.25) is 9.80 Å². The van der Waals surface area contributed by atoms with E-state index in [0.29, 0.717) is 0 Å². The number of rotatable bonds is 5. The summed E-state index contributed by atoms with van der Waals surface area (Å²) < 4.78 is 0. The van der Waals surface area contributed by atoms with E-state index in [9.17, 15) is 0 Å². The van der Waals surface area contributed by atoms with Crippen LogP contribution in [0.2, 0.25) is 0 Å². The molecule has 1 heterocycles. The molecule has 0 amide bonds. The van der Waals surface area contributed by atoms with E-state index in [1.54, 1.807) is 0 Å². The van der Waals surface area contributed by atoms with Crippen molar-refractivity contribution in [2.45, 2.75) is 45.7 Å². The maximum atomic E-state index is 5.82. The summed E-state index contributed by atoms with van der Waals surface area (Å²) in [5, 5.41) is 0. The molecule has 0 aromatic rings. The van der Waals surface area contributed by atoms with Crippen LogP contribution in [0.25, 0.3) is 0 Å². The molecule has 1 atom stereocenters. The van der Waals surface area contributed by atoms with Crippen molar-refractivity contribution < 1.29 is 0 Å². The number of nitrogens with zero attached hydrogens (tertiary/aromatic N) is 2. The molecule has 0 aromatic heterocycles. The van der Waals surface area contributed by atoms with E-state index < -0.39 is 0 Å². The van der Waals surface area contributed by atoms with Gasteiger partial charge in [-0.2, -0.15) is 0 Å². The zero-order valence-electron chi connectivity index (χ0n) is 10.8. The van der Waals surface area contributed by atoms with Crippen LogP contribution >= 0.6 is 0 Å². The first-order valence-corrected chi connectivity index (χ1v) is 6.24. The highest BCUT2D eigenvalue weighted by molar-refractivity contribution is 4.91. The second-order valence-corrected chi connectivity index (χ2v) is 5.13. The van der Waals surface area contributed by atoms with Crippen LogP contribution in [0, 0.1) is 0 Å². The van der Waals surface area contributed by atoms with Crippen LogP contribution in [0.4, 0.5) is 0 Å². The molecule has 0 aliphatic carbocycles. The van der Waals surface area contributed by atoms with Gasteiger partial charge in [0, 0.05) is 31.2 Å². The molecule has 0 aromatic carbocycles. The van der Waals surface area contributed by atoms with Gasteiger partial charge in [0.1, 0.15) is 0 Å². The van der Waals surface area contributed by atoms with Crippen LogP contribution in [0.3, 0.4) is 0 Å². The fourth-order valence-electron chi connectivity index (χ4n) is 2.46. The van der Waals surface area contributed by atoms with E-state index in [2.05, 4.69) is 37.5 Å². The molecule has 0 spiro atoms. The van der Waals surface area contributed by atoms with Gasteiger partial charge in [0.05, 0.1) is 0 Å². The van der Waals surface area contributed by atoms with Crippen molar-refractivity contribution in [1.29, 1.82) is 0 Å². The average Bonchev–Trinajstić information content (AvgIpc) is 2.70. The smallest absolute Gasteiger partial charge is 0.0276 e. The Hall–Kier alpha value is -0.120. The number of nitrogens with two attached hydrogens (primary N) is 1. The van der Waals surface area contributed by atoms with Crippen molar-refractivity contribution in [3.05, 3.63) is 0 Å². The van der Waals surface area contributed by atoms with Crippen LogP contribution in [0.1, 0.15) is 34.1 Å². The summed E-state index contributed by atoms with van der Waals surface area (Å²) >= 11 is 0. The van der Waals surface area contributed by atoms with E-state index in [0.717, 1.165) is 25.7 Å². The molecule has 1 aliphatic rings. The Kier molecular flexibility index (Phi) is 4.56. The number of hydrogen-bond acceptors (Lipinski definition) is 3. The van der Waals surface area contributed by atoms with Crippen molar-refractivity contribution in [2.75, 3.05) is 32.7 Å². The second kappa shape index (κ2) is 5.28. The second-order valence-electron chi connectivity index (χ2n) is 5.13. The van der Waals surface area contributed by atoms with Crippen molar-refractivity contribution >= 4 is 0 Å². The molecule has 2 N–H and O–H groups in total. The Balaban J connectivity index is 2.51. The minimum Gasteiger partial charge on any atom is -0.329 e. The molecule has 3 heteroatoms. The Morgan fingerprint density at radius 2 is 1.93 bits per heavy atom. The first-order valence-electron chi connectivity index (χ1n) is 6.24. The summed E-state index contributed by atoms with van der Waals surface area (Å²) in [7, 11) is 0. The van der Waals surface area contributed by atoms with Crippen LogP contribution in [-0.2, 0) is 0 Å². The first kappa shape index (κ1) is 12.9. The predicted molar refractivity (Wildman–Crippen MR) is 66.0 cm³/mol. The quantitative estimate of drug-likeness (QED) is 0.743. The van der Waals surface area contributed by atoms with Gasteiger partial charge in [-0.15, -0.1) is 0 Å². The van der Waals surface area contributed by atoms with Gasteiger partial charge in [0.25, 0.3) is 0 Å². The summed E-state index contributed by atoms with van der Waals surface area (Å²) in [6, 6.07) is 0.742. The third kappa shape index (κ3) is 2.92. The minimum absolute atomic E-state index is 0.169. The molecular formula is C12H27N3. The Morgan fingerprint density at radius 1 is 1.33 bits per heavy atom. The normalized spacial score (nSPS) is 24.0. The monoisotopic (exact) mass is 213 g/mol. The first-order chi connectivity index (χ1) is 7.05. The third-order valence-electron chi connectivity index (χ3n) is 3.85. The lowest BCUT2D eigenvalue weighted by atomic mass is 10.0. The summed E-state index contributed by atoms with van der Waals surface area (Å²) in [5.74, 6) is 0. The van der Waals surface area contributed by atoms with Crippen LogP contribution < -0.4 is 5.73 Å². The SMILES string of the molecule is CCN(CC)C1CCN(C(C)(C)CN)C1. The van der Waals surface area contributed by atoms with Crippen LogP contribution in [0.15, 0.2) is 0 Å². The molecule has 90 valence electrons. The van der Waals surface area contributed by atoms with Crippen molar-refractivity contribution in [3.63, 3.8) is 0 Å². The van der Waals surface area contributed by atoms with E-state index in [1.165, 1.54) is 19.5 Å². The topological polar surface area (TPSA) is 32.5 Å². The molecule has 15 heavy (non-hydrogen) atoms. The van der Waals surface area contributed by atoms with Crippen LogP contribution in [-0.4, -0.2) is 54.1 Å². The fraction of sp³-hybridized carbons (Fsp3) is 1.00. The lowest BCUT2D eigenvalue weighted by Gasteiger charge is -2.35. The van der Waals surface area contributed by atoms with Gasteiger partial charge < -0.3 is 5.73 Å². The molecular weight excluding hydrogens is 186 g/mol. The largest absolute Gasteiger partial charge is 0.329 e. The zero-order valence-corrected chi connectivity index (χ0v) is 10.8. The lowest BCUT2D eigenvalue weighted by molar-refractivity contribution is 0.139. The highest BCUT2D eigenvalue weighted by Crippen LogP contribution is 2.23. The zero-order chi connectivity index (χ0) is 11.5. The number of likely N-dealkylation sites (tertiary alicyclic amines) is 1. The molecule has 0 saturated carbocycles. The summed E-state index contributed by atoms with van der Waals surface area (Å²) in [6.45, 7) is 14.5. The van der Waals surface area contributed by atoms with Gasteiger partial charge in [-0.05, 0) is 33.4 Å². The Morgan fingerprint density at radius 3 is 2.40 bits per heavy atom. The van der Waals surface area contributed by atoms with Gasteiger partial charge in [0.2, 0.25) is 0 Å². The van der Waals surface area contributed by atoms with Gasteiger partial charge >= 0.3 is 0 Å². The fourth-order valence-corrected chi connectivity index (χ4v) is 2.46. The number of hydrogen-bond donors (Lipinski definition) is 1. The third-order valence-corrected chi connectivity index (χ3v) is 3.85. The summed E-state index contributed by atoms with van der Waals surface area (Å²) in [4.78, 5) is 5.10. The van der Waals surface area contributed by atoms with Gasteiger partial charge in [0.15, 0.2) is 0 Å². The van der Waals surface area contributed by atoms with E-state index >= 15 is 0 Å². The molecule has 1 saturated heterocycles. The standard InChI is InChI=1S/C12H27N3/c1-5-14(6-2)11-7-8-15(9-11)12(3,4)10-13/h11H,5-10,13H2,1-4H3. The van der Waals surface area contributed by atoms with E-state index in [1.807, 2.05) is 0 Å². The van der Waals surface area contributed by atoms with Gasteiger partial charge in [-0.1, -0.05) is 13.8 Å². The molecule has 0 bridgehead atoms. The molecule has 0 radical (unpaired) electrons. The number of likely N-dealkylation sites (N-methyl/N-ethyl adjacent to an activating group) is 1. The average molecular weight is 213 g/mol. The maximum absolute atomic E-state index is 5.82. The molecule has 1 unspecified atom stereocenters. The van der Waals surface area contributed by atoms with E-state index in [4.69, 9.17) is 5.73 Å². The van der Waals surface area contributed by atoms with Gasteiger partial charge in [-0.25, -0.2) is 0 Å². The highest BCUT2D eigenvalue weighted by Gasteiger charge is 2.34. The molecule has 1 aliphatic heterocycles. The van der Waals surface area contributed by atoms with Crippen molar-refractivity contribution in [1.82, 2.24) is 9.80 Å². The van der Waals surface area contributed by atoms with Crippen molar-refractivity contribution in [2.24, 2.45) is 5.73 Å². The summed E-state index contributed by atoms with van der Waals surface area (Å²) in [5.41, 5.74) is 5.99. The molecule has 1 rings (SSSR count). The summed E-state index contributed by atoms with van der Waals surface area (Å²) in [6.07, 6.45) is 1.30. The Labute approximate surface area is 94.6 Å². The molecule has 1 fully saturated rings. The Bertz CT molecular complexity index is 187. The highest BCUT2D eigenvalue weighted by atomic mass is 15.3. The molecule has 3 nitrogen and oxygen atoms in total. The lowest BCUT2D eigenvalue weighted by Crippen LogP contribution is -2.49. The van der Waals surface area contributed by atoms with E-state index in [-0.39, 0.29) is 5.54 Å².